The van der Waals surface area contributed by atoms with Crippen LogP contribution in [-0.4, -0.2) is 54.4 Å². The number of halogens is 3. The average molecular weight is 469 g/mol. The van der Waals surface area contributed by atoms with Crippen molar-refractivity contribution in [2.45, 2.75) is 24.3 Å². The molecule has 174 valence electrons. The number of ketones is 3. The zero-order valence-electron chi connectivity index (χ0n) is 16.2. The quantitative estimate of drug-likeness (QED) is 0.250. The largest absolute Gasteiger partial charge is 0.507 e. The number of hydrogen-bond acceptors (Lipinski definition) is 9. The summed E-state index contributed by atoms with van der Waals surface area (Å²) < 4.78 is 39.6. The van der Waals surface area contributed by atoms with Crippen molar-refractivity contribution in [3.63, 3.8) is 0 Å². The van der Waals surface area contributed by atoms with E-state index in [9.17, 15) is 57.9 Å². The van der Waals surface area contributed by atoms with Gasteiger partial charge in [-0.15, -0.1) is 0 Å². The van der Waals surface area contributed by atoms with Gasteiger partial charge in [-0.05, 0) is 12.1 Å². The molecule has 0 radical (unpaired) electrons. The van der Waals surface area contributed by atoms with Crippen LogP contribution in [0.4, 0.5) is 13.2 Å². The molecule has 0 aromatic heterocycles. The van der Waals surface area contributed by atoms with Gasteiger partial charge in [-0.25, -0.2) is 0 Å². The molecule has 0 aliphatic heterocycles. The van der Waals surface area contributed by atoms with Gasteiger partial charge in [0.15, 0.2) is 23.1 Å². The van der Waals surface area contributed by atoms with Gasteiger partial charge in [-0.1, -0.05) is 0 Å². The summed E-state index contributed by atoms with van der Waals surface area (Å²) in [4.78, 5) is 49.8. The molecule has 10 nitrogen and oxygen atoms in total. The summed E-state index contributed by atoms with van der Waals surface area (Å²) in [5, 5.41) is 51.5. The zero-order chi connectivity index (χ0) is 24.8. The number of aliphatic hydroxyl groups is 2. The number of aliphatic hydroxyl groups excluding tert-OH is 1. The number of alkyl halides is 3. The molecule has 2 aliphatic carbocycles. The first kappa shape index (κ1) is 22.5. The van der Waals surface area contributed by atoms with Crippen LogP contribution < -0.4 is 5.73 Å². The molecule has 2 aromatic rings. The maximum atomic E-state index is 13.2. The fraction of sp³-hybridized carbons (Fsp3) is 0.300. The van der Waals surface area contributed by atoms with E-state index in [4.69, 9.17) is 5.73 Å². The summed E-state index contributed by atoms with van der Waals surface area (Å²) in [7, 11) is 0. The number of Topliss-reactive ketones (excluding diaryl/α,β-unsaturated/α-hetero) is 3. The number of amides is 1. The molecule has 1 saturated carbocycles. The predicted octanol–water partition coefficient (Wildman–Crippen LogP) is 0.196. The van der Waals surface area contributed by atoms with E-state index < -0.39 is 104 Å². The average Bonchev–Trinajstić information content (AvgIpc) is 2.69. The number of aromatic hydroxyl groups is 3. The number of rotatable bonds is 1. The highest BCUT2D eigenvalue weighted by Crippen LogP contribution is 2.56. The molecule has 2 aliphatic rings. The number of carbonyl (C=O) groups excluding carboxylic acids is 4. The third-order valence-electron chi connectivity index (χ3n) is 6.19. The summed E-state index contributed by atoms with van der Waals surface area (Å²) in [6, 6.07) is 1.06. The lowest BCUT2D eigenvalue weighted by molar-refractivity contribution is -0.163. The van der Waals surface area contributed by atoms with Crippen molar-refractivity contribution >= 4 is 34.0 Å². The van der Waals surface area contributed by atoms with Crippen LogP contribution in [0.3, 0.4) is 0 Å². The first-order valence-electron chi connectivity index (χ1n) is 9.27. The van der Waals surface area contributed by atoms with Crippen molar-refractivity contribution in [1.29, 1.82) is 0 Å². The fourth-order valence-electron chi connectivity index (χ4n) is 4.62. The third-order valence-corrected chi connectivity index (χ3v) is 6.19. The Morgan fingerprint density at radius 1 is 1.06 bits per heavy atom. The summed E-state index contributed by atoms with van der Waals surface area (Å²) in [6.07, 6.45) is -8.14. The zero-order valence-corrected chi connectivity index (χ0v) is 16.2. The molecule has 0 saturated heterocycles. The van der Waals surface area contributed by atoms with Gasteiger partial charge in [0, 0.05) is 23.3 Å². The van der Waals surface area contributed by atoms with Gasteiger partial charge in [-0.3, -0.25) is 19.2 Å². The van der Waals surface area contributed by atoms with E-state index in [2.05, 4.69) is 0 Å². The molecule has 4 atom stereocenters. The van der Waals surface area contributed by atoms with E-state index in [0.717, 1.165) is 0 Å². The highest BCUT2D eigenvalue weighted by molar-refractivity contribution is 6.32. The molecular formula is C20H14F3NO9. The lowest BCUT2D eigenvalue weighted by Crippen LogP contribution is -2.65. The van der Waals surface area contributed by atoms with E-state index in [1.165, 1.54) is 0 Å². The van der Waals surface area contributed by atoms with Gasteiger partial charge in [0.25, 0.3) is 0 Å². The van der Waals surface area contributed by atoms with Crippen LogP contribution in [-0.2, 0) is 20.6 Å². The Labute approximate surface area is 180 Å². The molecule has 7 N–H and O–H groups in total. The second-order valence-corrected chi connectivity index (χ2v) is 7.88. The van der Waals surface area contributed by atoms with Gasteiger partial charge < -0.3 is 31.3 Å². The van der Waals surface area contributed by atoms with Crippen molar-refractivity contribution in [2.24, 2.45) is 17.6 Å². The molecule has 4 rings (SSSR count). The Morgan fingerprint density at radius 2 is 1.67 bits per heavy atom. The highest BCUT2D eigenvalue weighted by atomic mass is 19.4. The lowest BCUT2D eigenvalue weighted by Gasteiger charge is -2.45. The number of nitrogens with two attached hydrogens (primary N) is 1. The number of hydrogen-bond donors (Lipinski definition) is 6. The Hall–Kier alpha value is -3.71. The van der Waals surface area contributed by atoms with E-state index >= 15 is 0 Å². The molecule has 1 unspecified atom stereocenters. The summed E-state index contributed by atoms with van der Waals surface area (Å²) in [5.41, 5.74) is -1.79. The maximum Gasteiger partial charge on any atom is 0.419 e. The predicted molar refractivity (Wildman–Crippen MR) is 99.0 cm³/mol. The Morgan fingerprint density at radius 3 is 2.21 bits per heavy atom. The van der Waals surface area contributed by atoms with Crippen molar-refractivity contribution in [1.82, 2.24) is 0 Å². The second-order valence-electron chi connectivity index (χ2n) is 7.88. The third kappa shape index (κ3) is 2.69. The van der Waals surface area contributed by atoms with Crippen LogP contribution in [0.15, 0.2) is 12.1 Å². The monoisotopic (exact) mass is 469 g/mol. The van der Waals surface area contributed by atoms with Gasteiger partial charge in [0.2, 0.25) is 11.7 Å². The minimum atomic E-state index is -5.10. The number of benzene rings is 2. The van der Waals surface area contributed by atoms with Gasteiger partial charge in [-0.2, -0.15) is 13.2 Å². The van der Waals surface area contributed by atoms with Gasteiger partial charge >= 0.3 is 6.18 Å². The minimum Gasteiger partial charge on any atom is -0.507 e. The number of carbonyl (C=O) groups is 4. The summed E-state index contributed by atoms with van der Waals surface area (Å²) in [5.74, 6) is -14.0. The normalized spacial score (nSPS) is 27.4. The van der Waals surface area contributed by atoms with Crippen LogP contribution in [0.2, 0.25) is 0 Å². The molecule has 33 heavy (non-hydrogen) atoms. The molecule has 1 fully saturated rings. The van der Waals surface area contributed by atoms with E-state index in [0.29, 0.717) is 12.1 Å². The molecule has 2 aromatic carbocycles. The molecule has 0 heterocycles. The standard InChI is InChI=1S/C20H14F3NO9/c21-20(22,23)5-2-1-4-8(13(5)27)15(29)11-10(12(4)26)14(28)6-3-7(25)9(18(24)32)16(30)19(6,33)17(11)31/h1-2,6,9,14,26-29,33H,3H2,(H2,24,32)/t6-,9?,14-,19-/m1/s1. The highest BCUT2D eigenvalue weighted by Gasteiger charge is 2.65. The Bertz CT molecular complexity index is 1300. The fourth-order valence-corrected chi connectivity index (χ4v) is 4.62. The molecule has 13 heteroatoms. The first-order chi connectivity index (χ1) is 15.2. The van der Waals surface area contributed by atoms with Crippen LogP contribution >= 0.6 is 0 Å². The van der Waals surface area contributed by atoms with E-state index in [1.54, 1.807) is 0 Å². The SMILES string of the molecule is NC(=O)C1C(=O)C[C@@H]2[C@@H](O)c3c(c(O)c4c(O)c(C(F)(F)F)ccc4c3O)C(=O)[C@]2(O)C1=O. The van der Waals surface area contributed by atoms with Crippen LogP contribution in [0.5, 0.6) is 17.2 Å². The number of primary amides is 1. The second kappa shape index (κ2) is 6.65. The van der Waals surface area contributed by atoms with Gasteiger partial charge in [0.05, 0.1) is 22.6 Å². The minimum absolute atomic E-state index is 0.391. The lowest BCUT2D eigenvalue weighted by atomic mass is 9.59. The van der Waals surface area contributed by atoms with Crippen molar-refractivity contribution in [3.8, 4) is 17.2 Å². The smallest absolute Gasteiger partial charge is 0.419 e. The van der Waals surface area contributed by atoms with Crippen molar-refractivity contribution < 1.29 is 57.9 Å². The van der Waals surface area contributed by atoms with Crippen LogP contribution in [0.25, 0.3) is 10.8 Å². The Kier molecular flexibility index (Phi) is 4.53. The molecule has 0 spiro atoms. The van der Waals surface area contributed by atoms with E-state index in [1.807, 2.05) is 0 Å². The van der Waals surface area contributed by atoms with Crippen molar-refractivity contribution in [3.05, 3.63) is 28.8 Å². The number of phenols is 3. The van der Waals surface area contributed by atoms with Crippen LogP contribution in [0.1, 0.15) is 34.0 Å². The van der Waals surface area contributed by atoms with E-state index in [-0.39, 0.29) is 0 Å². The topological polar surface area (TPSA) is 195 Å². The number of phenolic OH excluding ortho intramolecular Hbond substituents is 3. The molecule has 0 bridgehead atoms. The maximum absolute atomic E-state index is 13.2. The summed E-state index contributed by atoms with van der Waals surface area (Å²) >= 11 is 0. The summed E-state index contributed by atoms with van der Waals surface area (Å²) in [6.45, 7) is 0. The van der Waals surface area contributed by atoms with Crippen LogP contribution in [0, 0.1) is 11.8 Å². The molecular weight excluding hydrogens is 455 g/mol. The number of fused-ring (bicyclic) bond motifs is 3. The van der Waals surface area contributed by atoms with Crippen molar-refractivity contribution in [2.75, 3.05) is 0 Å². The first-order valence-corrected chi connectivity index (χ1v) is 9.27. The Balaban J connectivity index is 2.08. The van der Waals surface area contributed by atoms with Gasteiger partial charge in [0.1, 0.15) is 17.2 Å². The molecule has 1 amide bonds.